The second kappa shape index (κ2) is 12.5. The molecular formula is C31H30N4O3S. The fourth-order valence-electron chi connectivity index (χ4n) is 4.37. The van der Waals surface area contributed by atoms with Crippen LogP contribution in [-0.2, 0) is 0 Å². The highest BCUT2D eigenvalue weighted by atomic mass is 32.1. The van der Waals surface area contributed by atoms with E-state index >= 15 is 0 Å². The van der Waals surface area contributed by atoms with Gasteiger partial charge in [0, 0.05) is 23.0 Å². The zero-order valence-corrected chi connectivity index (χ0v) is 22.6. The molecule has 3 heterocycles. The summed E-state index contributed by atoms with van der Waals surface area (Å²) in [5, 5.41) is 9.29. The van der Waals surface area contributed by atoms with Crippen molar-refractivity contribution < 1.29 is 14.3 Å². The van der Waals surface area contributed by atoms with Crippen LogP contribution in [0.2, 0.25) is 0 Å². The van der Waals surface area contributed by atoms with Gasteiger partial charge in [-0.05, 0) is 60.3 Å². The number of anilines is 1. The number of unbranched alkanes of at least 4 members (excludes halogenated alkanes) is 4. The van der Waals surface area contributed by atoms with E-state index in [0.717, 1.165) is 23.4 Å². The highest BCUT2D eigenvalue weighted by Crippen LogP contribution is 2.26. The number of hydrogen-bond acceptors (Lipinski definition) is 6. The molecule has 8 heteroatoms. The first-order valence-corrected chi connectivity index (χ1v) is 14.1. The second-order valence-corrected chi connectivity index (χ2v) is 10.2. The van der Waals surface area contributed by atoms with Gasteiger partial charge in [-0.3, -0.25) is 9.59 Å². The lowest BCUT2D eigenvalue weighted by Gasteiger charge is -2.10. The smallest absolute Gasteiger partial charge is 0.255 e. The molecule has 198 valence electrons. The van der Waals surface area contributed by atoms with Gasteiger partial charge in [-0.15, -0.1) is 11.3 Å². The van der Waals surface area contributed by atoms with E-state index < -0.39 is 0 Å². The molecule has 0 aliphatic heterocycles. The van der Waals surface area contributed by atoms with E-state index in [2.05, 4.69) is 22.3 Å². The van der Waals surface area contributed by atoms with Crippen LogP contribution in [0.1, 0.15) is 64.6 Å². The summed E-state index contributed by atoms with van der Waals surface area (Å²) in [6.45, 7) is 2.89. The molecule has 2 aromatic carbocycles. The Morgan fingerprint density at radius 3 is 2.62 bits per heavy atom. The number of rotatable bonds is 12. The number of thiophene rings is 1. The van der Waals surface area contributed by atoms with Crippen LogP contribution in [0.5, 0.6) is 5.75 Å². The van der Waals surface area contributed by atoms with Crippen molar-refractivity contribution in [2.24, 2.45) is 0 Å². The Hall–Kier alpha value is -4.30. The molecular weight excluding hydrogens is 508 g/mol. The third-order valence-electron chi connectivity index (χ3n) is 6.44. The van der Waals surface area contributed by atoms with Crippen molar-refractivity contribution in [1.29, 1.82) is 0 Å². The standard InChI is InChI=1S/C31H30N4O3S/c1-2-3-4-5-6-18-38-25-14-12-22(13-15-25)31(37)34-24-10-7-9-23(20-24)27-16-17-32-30-26(21-33-35(27)30)29(36)28-11-8-19-39-28/h7-17,19-21H,2-6,18H2,1H3,(H,34,37). The normalized spacial score (nSPS) is 11.0. The van der Waals surface area contributed by atoms with E-state index in [1.54, 1.807) is 35.1 Å². The predicted octanol–water partition coefficient (Wildman–Crippen LogP) is 7.29. The molecule has 0 unspecified atom stereocenters. The van der Waals surface area contributed by atoms with Gasteiger partial charge >= 0.3 is 0 Å². The zero-order chi connectivity index (χ0) is 27.0. The summed E-state index contributed by atoms with van der Waals surface area (Å²) < 4.78 is 7.47. The number of amides is 1. The number of ether oxygens (including phenoxy) is 1. The average molecular weight is 539 g/mol. The number of carbonyl (C=O) groups is 2. The molecule has 3 aromatic heterocycles. The first-order chi connectivity index (χ1) is 19.1. The maximum Gasteiger partial charge on any atom is 0.255 e. The van der Waals surface area contributed by atoms with E-state index in [1.807, 2.05) is 53.9 Å². The number of ketones is 1. The Balaban J connectivity index is 1.27. The van der Waals surface area contributed by atoms with Gasteiger partial charge in [0.15, 0.2) is 5.65 Å². The van der Waals surface area contributed by atoms with Crippen LogP contribution in [0.3, 0.4) is 0 Å². The predicted molar refractivity (Wildman–Crippen MR) is 155 cm³/mol. The van der Waals surface area contributed by atoms with Crippen molar-refractivity contribution in [1.82, 2.24) is 14.6 Å². The van der Waals surface area contributed by atoms with Gasteiger partial charge in [0.2, 0.25) is 5.78 Å². The maximum atomic E-state index is 12.9. The molecule has 0 radical (unpaired) electrons. The molecule has 1 N–H and O–H groups in total. The van der Waals surface area contributed by atoms with Gasteiger partial charge in [0.05, 0.1) is 28.9 Å². The van der Waals surface area contributed by atoms with Gasteiger partial charge in [-0.1, -0.05) is 50.8 Å². The van der Waals surface area contributed by atoms with Gasteiger partial charge in [0.1, 0.15) is 5.75 Å². The summed E-state index contributed by atoms with van der Waals surface area (Å²) in [6.07, 6.45) is 9.16. The van der Waals surface area contributed by atoms with Crippen molar-refractivity contribution in [2.75, 3.05) is 11.9 Å². The first kappa shape index (κ1) is 26.3. The topological polar surface area (TPSA) is 85.6 Å². The van der Waals surface area contributed by atoms with Crippen molar-refractivity contribution in [2.45, 2.75) is 39.0 Å². The van der Waals surface area contributed by atoms with Crippen LogP contribution in [0.15, 0.2) is 84.5 Å². The Morgan fingerprint density at radius 1 is 0.974 bits per heavy atom. The lowest BCUT2D eigenvalue weighted by atomic mass is 10.1. The van der Waals surface area contributed by atoms with Crippen LogP contribution in [0, 0.1) is 0 Å². The Morgan fingerprint density at radius 2 is 1.82 bits per heavy atom. The molecule has 5 rings (SSSR count). The van der Waals surface area contributed by atoms with Crippen molar-refractivity contribution in [3.8, 4) is 17.0 Å². The minimum absolute atomic E-state index is 0.103. The van der Waals surface area contributed by atoms with E-state index in [9.17, 15) is 9.59 Å². The average Bonchev–Trinajstić information content (AvgIpc) is 3.66. The summed E-state index contributed by atoms with van der Waals surface area (Å²) in [4.78, 5) is 30.9. The highest BCUT2D eigenvalue weighted by molar-refractivity contribution is 7.12. The maximum absolute atomic E-state index is 12.9. The third-order valence-corrected chi connectivity index (χ3v) is 7.31. The molecule has 0 saturated carbocycles. The summed E-state index contributed by atoms with van der Waals surface area (Å²) in [7, 11) is 0. The highest BCUT2D eigenvalue weighted by Gasteiger charge is 2.18. The van der Waals surface area contributed by atoms with Crippen LogP contribution in [0.4, 0.5) is 5.69 Å². The van der Waals surface area contributed by atoms with Crippen LogP contribution in [0.25, 0.3) is 16.9 Å². The molecule has 0 saturated heterocycles. The molecule has 0 aliphatic rings. The van der Waals surface area contributed by atoms with Gasteiger partial charge < -0.3 is 10.1 Å². The summed E-state index contributed by atoms with van der Waals surface area (Å²) in [5.74, 6) is 0.456. The summed E-state index contributed by atoms with van der Waals surface area (Å²) in [5.41, 5.74) is 3.73. The Kier molecular flexibility index (Phi) is 8.43. The first-order valence-electron chi connectivity index (χ1n) is 13.2. The van der Waals surface area contributed by atoms with E-state index in [-0.39, 0.29) is 11.7 Å². The van der Waals surface area contributed by atoms with Crippen molar-refractivity contribution >= 4 is 34.4 Å². The van der Waals surface area contributed by atoms with Crippen LogP contribution >= 0.6 is 11.3 Å². The zero-order valence-electron chi connectivity index (χ0n) is 21.8. The molecule has 0 fully saturated rings. The van der Waals surface area contributed by atoms with Gasteiger partial charge in [-0.25, -0.2) is 9.50 Å². The number of aromatic nitrogens is 3. The van der Waals surface area contributed by atoms with E-state index in [0.29, 0.717) is 33.9 Å². The fraction of sp³-hybridized carbons (Fsp3) is 0.226. The molecule has 0 atom stereocenters. The lowest BCUT2D eigenvalue weighted by Crippen LogP contribution is -2.12. The quantitative estimate of drug-likeness (QED) is 0.133. The van der Waals surface area contributed by atoms with Crippen molar-refractivity contribution in [3.63, 3.8) is 0 Å². The number of nitrogens with one attached hydrogen (secondary N) is 1. The van der Waals surface area contributed by atoms with Crippen LogP contribution in [-0.4, -0.2) is 32.9 Å². The van der Waals surface area contributed by atoms with Gasteiger partial charge in [0.25, 0.3) is 5.91 Å². The van der Waals surface area contributed by atoms with Crippen LogP contribution < -0.4 is 10.1 Å². The molecule has 39 heavy (non-hydrogen) atoms. The molecule has 0 bridgehead atoms. The third kappa shape index (κ3) is 6.23. The fourth-order valence-corrected chi connectivity index (χ4v) is 5.05. The summed E-state index contributed by atoms with van der Waals surface area (Å²) >= 11 is 1.39. The minimum atomic E-state index is -0.207. The SMILES string of the molecule is CCCCCCCOc1ccc(C(=O)Nc2cccc(-c3ccnc4c(C(=O)c5cccs5)cnn34)c2)cc1. The lowest BCUT2D eigenvalue weighted by molar-refractivity contribution is 0.102. The number of benzene rings is 2. The molecule has 0 aliphatic carbocycles. The number of fused-ring (bicyclic) bond motifs is 1. The molecule has 1 amide bonds. The largest absolute Gasteiger partial charge is 0.494 e. The molecule has 7 nitrogen and oxygen atoms in total. The van der Waals surface area contributed by atoms with Gasteiger partial charge in [-0.2, -0.15) is 5.10 Å². The molecule has 0 spiro atoms. The number of carbonyl (C=O) groups excluding carboxylic acids is 2. The number of nitrogens with zero attached hydrogens (tertiary/aromatic N) is 3. The number of hydrogen-bond donors (Lipinski definition) is 1. The monoisotopic (exact) mass is 538 g/mol. The Labute approximate surface area is 231 Å². The minimum Gasteiger partial charge on any atom is -0.494 e. The van der Waals surface area contributed by atoms with E-state index in [1.165, 1.54) is 37.0 Å². The summed E-state index contributed by atoms with van der Waals surface area (Å²) in [6, 6.07) is 20.2. The van der Waals surface area contributed by atoms with E-state index in [4.69, 9.17) is 4.74 Å². The molecule has 5 aromatic rings. The van der Waals surface area contributed by atoms with Crippen molar-refractivity contribution in [3.05, 3.63) is 101 Å². The Bertz CT molecular complexity index is 1560. The second-order valence-electron chi connectivity index (χ2n) is 9.25.